The molecule has 0 bridgehead atoms. The summed E-state index contributed by atoms with van der Waals surface area (Å²) in [5.74, 6) is 0.527. The number of anilines is 2. The highest BCUT2D eigenvalue weighted by Crippen LogP contribution is 2.34. The van der Waals surface area contributed by atoms with Gasteiger partial charge in [0, 0.05) is 31.7 Å². The molecule has 1 fully saturated rings. The van der Waals surface area contributed by atoms with Crippen molar-refractivity contribution in [1.82, 2.24) is 4.90 Å². The molecule has 2 aliphatic heterocycles. The second kappa shape index (κ2) is 10.6. The van der Waals surface area contributed by atoms with Gasteiger partial charge < -0.3 is 24.8 Å². The lowest BCUT2D eigenvalue weighted by Gasteiger charge is -2.42. The van der Waals surface area contributed by atoms with Crippen molar-refractivity contribution in [2.45, 2.75) is 65.3 Å². The molecule has 1 amide bonds. The zero-order chi connectivity index (χ0) is 25.1. The molecule has 35 heavy (non-hydrogen) atoms. The summed E-state index contributed by atoms with van der Waals surface area (Å²) >= 11 is 0. The highest BCUT2D eigenvalue weighted by Gasteiger charge is 2.31. The molecule has 2 aromatic rings. The van der Waals surface area contributed by atoms with Crippen LogP contribution in [0.4, 0.5) is 11.4 Å². The molecule has 0 radical (unpaired) electrons. The molecule has 0 spiro atoms. The molecular formula is C27H35N3O5. The van der Waals surface area contributed by atoms with Crippen LogP contribution in [0, 0.1) is 0 Å². The lowest BCUT2D eigenvalue weighted by Crippen LogP contribution is -2.49. The highest BCUT2D eigenvalue weighted by atomic mass is 16.5. The fraction of sp³-hybridized carbons (Fsp3) is 0.481. The Morgan fingerprint density at radius 2 is 1.66 bits per heavy atom. The highest BCUT2D eigenvalue weighted by molar-refractivity contribution is 6.03. The molecule has 2 aliphatic rings. The number of rotatable bonds is 8. The van der Waals surface area contributed by atoms with E-state index < -0.39 is 5.97 Å². The molecule has 0 saturated carbocycles. The fourth-order valence-corrected chi connectivity index (χ4v) is 4.82. The van der Waals surface area contributed by atoms with Gasteiger partial charge in [0.15, 0.2) is 0 Å². The summed E-state index contributed by atoms with van der Waals surface area (Å²) in [5.41, 5.74) is 2.79. The zero-order valence-electron chi connectivity index (χ0n) is 20.9. The molecule has 1 saturated heterocycles. The van der Waals surface area contributed by atoms with Crippen LogP contribution in [0.5, 0.6) is 11.5 Å². The van der Waals surface area contributed by atoms with Crippen LogP contribution in [-0.4, -0.2) is 59.8 Å². The molecule has 2 heterocycles. The first kappa shape index (κ1) is 24.9. The minimum absolute atomic E-state index is 0.0871. The third kappa shape index (κ3) is 6.25. The molecule has 2 aromatic carbocycles. The lowest BCUT2D eigenvalue weighted by atomic mass is 9.99. The van der Waals surface area contributed by atoms with Crippen LogP contribution in [0.25, 0.3) is 0 Å². The molecule has 188 valence electrons. The average Bonchev–Trinajstić information content (AvgIpc) is 2.77. The van der Waals surface area contributed by atoms with Gasteiger partial charge in [0.1, 0.15) is 11.5 Å². The number of amides is 1. The minimum atomic E-state index is -1.00. The van der Waals surface area contributed by atoms with Gasteiger partial charge in [-0.3, -0.25) is 9.69 Å². The smallest absolute Gasteiger partial charge is 0.335 e. The largest absolute Gasteiger partial charge is 0.491 e. The van der Waals surface area contributed by atoms with Gasteiger partial charge in [-0.1, -0.05) is 0 Å². The van der Waals surface area contributed by atoms with Gasteiger partial charge in [0.05, 0.1) is 35.7 Å². The van der Waals surface area contributed by atoms with E-state index >= 15 is 0 Å². The Balaban J connectivity index is 1.43. The SMILES string of the molecule is CC(C)Oc1cc(CN2CCC(N3CC(=O)Nc4cc(C(=O)O)ccc43)CC2)cc(OC(C)C)c1. The number of carbonyl (C=O) groups excluding carboxylic acids is 1. The van der Waals surface area contributed by atoms with Gasteiger partial charge in [-0.2, -0.15) is 0 Å². The number of nitrogens with one attached hydrogen (secondary N) is 1. The Morgan fingerprint density at radius 1 is 1.03 bits per heavy atom. The first-order chi connectivity index (χ1) is 16.7. The van der Waals surface area contributed by atoms with Crippen LogP contribution in [0.2, 0.25) is 0 Å². The number of hydrogen-bond donors (Lipinski definition) is 2. The first-order valence-corrected chi connectivity index (χ1v) is 12.3. The normalized spacial score (nSPS) is 16.9. The van der Waals surface area contributed by atoms with Crippen molar-refractivity contribution in [1.29, 1.82) is 0 Å². The predicted molar refractivity (Wildman–Crippen MR) is 136 cm³/mol. The van der Waals surface area contributed by atoms with E-state index in [1.54, 1.807) is 18.2 Å². The van der Waals surface area contributed by atoms with E-state index in [2.05, 4.69) is 27.2 Å². The Hall–Kier alpha value is -3.26. The molecule has 8 nitrogen and oxygen atoms in total. The Morgan fingerprint density at radius 3 is 2.23 bits per heavy atom. The van der Waals surface area contributed by atoms with Crippen molar-refractivity contribution in [2.24, 2.45) is 0 Å². The number of ether oxygens (including phenoxy) is 2. The third-order valence-electron chi connectivity index (χ3n) is 6.23. The summed E-state index contributed by atoms with van der Waals surface area (Å²) in [6.07, 6.45) is 2.02. The van der Waals surface area contributed by atoms with Crippen LogP contribution < -0.4 is 19.7 Å². The topological polar surface area (TPSA) is 91.3 Å². The maximum Gasteiger partial charge on any atom is 0.335 e. The van der Waals surface area contributed by atoms with E-state index in [1.165, 1.54) is 0 Å². The number of carboxylic acid groups (broad SMARTS) is 1. The molecule has 2 N–H and O–H groups in total. The van der Waals surface area contributed by atoms with Crippen molar-refractivity contribution < 1.29 is 24.2 Å². The summed E-state index contributed by atoms with van der Waals surface area (Å²) < 4.78 is 11.9. The Bertz CT molecular complexity index is 1050. The minimum Gasteiger partial charge on any atom is -0.491 e. The summed E-state index contributed by atoms with van der Waals surface area (Å²) in [7, 11) is 0. The fourth-order valence-electron chi connectivity index (χ4n) is 4.82. The Labute approximate surface area is 206 Å². The summed E-state index contributed by atoms with van der Waals surface area (Å²) in [6.45, 7) is 11.0. The second-order valence-corrected chi connectivity index (χ2v) is 9.87. The van der Waals surface area contributed by atoms with Gasteiger partial charge in [-0.25, -0.2) is 4.79 Å². The van der Waals surface area contributed by atoms with Gasteiger partial charge in [-0.05, 0) is 76.4 Å². The van der Waals surface area contributed by atoms with Crippen molar-refractivity contribution >= 4 is 23.3 Å². The number of piperidine rings is 1. The summed E-state index contributed by atoms with van der Waals surface area (Å²) in [6, 6.07) is 11.3. The van der Waals surface area contributed by atoms with E-state index in [4.69, 9.17) is 9.47 Å². The number of likely N-dealkylation sites (tertiary alicyclic amines) is 1. The molecule has 4 rings (SSSR count). The number of aromatic carboxylic acids is 1. The second-order valence-electron chi connectivity index (χ2n) is 9.87. The van der Waals surface area contributed by atoms with E-state index in [0.717, 1.165) is 55.2 Å². The van der Waals surface area contributed by atoms with E-state index in [0.29, 0.717) is 5.69 Å². The van der Waals surface area contributed by atoms with Crippen LogP contribution in [-0.2, 0) is 11.3 Å². The van der Waals surface area contributed by atoms with Gasteiger partial charge in [0.2, 0.25) is 5.91 Å². The van der Waals surface area contributed by atoms with Gasteiger partial charge >= 0.3 is 5.97 Å². The lowest BCUT2D eigenvalue weighted by molar-refractivity contribution is -0.115. The number of hydrogen-bond acceptors (Lipinski definition) is 6. The maximum absolute atomic E-state index is 12.3. The van der Waals surface area contributed by atoms with Crippen LogP contribution in [0.3, 0.4) is 0 Å². The maximum atomic E-state index is 12.3. The van der Waals surface area contributed by atoms with Gasteiger partial charge in [0.25, 0.3) is 0 Å². The number of carboxylic acids is 1. The van der Waals surface area contributed by atoms with E-state index in [-0.39, 0.29) is 36.3 Å². The number of fused-ring (bicyclic) bond motifs is 1. The van der Waals surface area contributed by atoms with Crippen molar-refractivity contribution in [3.63, 3.8) is 0 Å². The first-order valence-electron chi connectivity index (χ1n) is 12.3. The van der Waals surface area contributed by atoms with Crippen molar-refractivity contribution in [3.8, 4) is 11.5 Å². The molecule has 0 unspecified atom stereocenters. The van der Waals surface area contributed by atoms with Gasteiger partial charge in [-0.15, -0.1) is 0 Å². The van der Waals surface area contributed by atoms with Crippen molar-refractivity contribution in [2.75, 3.05) is 29.9 Å². The van der Waals surface area contributed by atoms with E-state index in [1.807, 2.05) is 33.8 Å². The summed E-state index contributed by atoms with van der Waals surface area (Å²) in [4.78, 5) is 28.2. The monoisotopic (exact) mass is 481 g/mol. The number of benzene rings is 2. The van der Waals surface area contributed by atoms with Crippen LogP contribution in [0.1, 0.15) is 56.5 Å². The molecule has 0 aliphatic carbocycles. The third-order valence-corrected chi connectivity index (χ3v) is 6.23. The zero-order valence-corrected chi connectivity index (χ0v) is 20.9. The predicted octanol–water partition coefficient (Wildman–Crippen LogP) is 4.38. The molecule has 0 atom stereocenters. The Kier molecular flexibility index (Phi) is 7.50. The van der Waals surface area contributed by atoms with E-state index in [9.17, 15) is 14.7 Å². The quantitative estimate of drug-likeness (QED) is 0.578. The summed E-state index contributed by atoms with van der Waals surface area (Å²) in [5, 5.41) is 12.1. The molecule has 0 aromatic heterocycles. The molecular weight excluding hydrogens is 446 g/mol. The molecule has 8 heteroatoms. The van der Waals surface area contributed by atoms with Crippen LogP contribution in [0.15, 0.2) is 36.4 Å². The standard InChI is InChI=1S/C27H35N3O5/c1-17(2)34-22-11-19(12-23(14-22)35-18(3)4)15-29-9-7-21(8-10-29)30-16-26(31)28-24-13-20(27(32)33)5-6-25(24)30/h5-6,11-14,17-18,21H,7-10,15-16H2,1-4H3,(H,28,31)(H,32,33). The van der Waals surface area contributed by atoms with Crippen LogP contribution >= 0.6 is 0 Å². The average molecular weight is 482 g/mol. The number of carbonyl (C=O) groups is 2. The number of nitrogens with zero attached hydrogens (tertiary/aromatic N) is 2. The van der Waals surface area contributed by atoms with Crippen molar-refractivity contribution in [3.05, 3.63) is 47.5 Å².